The molecule has 0 unspecified atom stereocenters. The first kappa shape index (κ1) is 19.7. The Morgan fingerprint density at radius 3 is 2.74 bits per heavy atom. The molecule has 3 heterocycles. The first-order valence-corrected chi connectivity index (χ1v) is 10.7. The van der Waals surface area contributed by atoms with E-state index in [2.05, 4.69) is 31.9 Å². The van der Waals surface area contributed by atoms with Gasteiger partial charge in [-0.3, -0.25) is 9.88 Å². The number of benzene rings is 2. The van der Waals surface area contributed by atoms with Crippen molar-refractivity contribution in [1.82, 2.24) is 9.88 Å². The first-order chi connectivity index (χ1) is 15.3. The Kier molecular flexibility index (Phi) is 5.63. The van der Waals surface area contributed by atoms with E-state index in [0.717, 1.165) is 37.6 Å². The molecule has 0 atom stereocenters. The molecule has 0 bridgehead atoms. The van der Waals surface area contributed by atoms with Crippen molar-refractivity contribution in [3.8, 4) is 5.75 Å². The van der Waals surface area contributed by atoms with Crippen molar-refractivity contribution in [1.29, 1.82) is 0 Å². The summed E-state index contributed by atoms with van der Waals surface area (Å²) in [6.45, 7) is 4.01. The summed E-state index contributed by atoms with van der Waals surface area (Å²) < 4.78 is 19.8. The lowest BCUT2D eigenvalue weighted by molar-refractivity contribution is 0.293. The molecule has 5 rings (SSSR count). The third kappa shape index (κ3) is 4.44. The Labute approximate surface area is 181 Å². The largest absolute Gasteiger partial charge is 0.487 e. The normalized spacial score (nSPS) is 15.8. The maximum atomic E-state index is 13.9. The minimum Gasteiger partial charge on any atom is -0.487 e. The van der Waals surface area contributed by atoms with E-state index in [1.165, 1.54) is 30.0 Å². The number of hydrogen-bond acceptors (Lipinski definition) is 5. The van der Waals surface area contributed by atoms with Crippen LogP contribution in [0.2, 0.25) is 0 Å². The SMILES string of the molecule is Fc1cccnc1COc1ccc(CN2CCCC2)c(N2C=Nc3ccccc3C2)c1. The van der Waals surface area contributed by atoms with Gasteiger partial charge < -0.3 is 9.64 Å². The van der Waals surface area contributed by atoms with Crippen molar-refractivity contribution in [2.75, 3.05) is 18.0 Å². The van der Waals surface area contributed by atoms with Gasteiger partial charge in [0, 0.05) is 18.8 Å². The zero-order valence-corrected chi connectivity index (χ0v) is 17.4. The van der Waals surface area contributed by atoms with Gasteiger partial charge in [0.2, 0.25) is 0 Å². The molecule has 1 aromatic heterocycles. The van der Waals surface area contributed by atoms with Crippen molar-refractivity contribution in [3.63, 3.8) is 0 Å². The molecule has 5 nitrogen and oxygen atoms in total. The minimum absolute atomic E-state index is 0.0918. The molecule has 0 spiro atoms. The van der Waals surface area contributed by atoms with Crippen LogP contribution in [0.5, 0.6) is 5.75 Å². The molecule has 0 amide bonds. The average Bonchev–Trinajstić information content (AvgIpc) is 3.32. The zero-order chi connectivity index (χ0) is 21.0. The second-order valence-electron chi connectivity index (χ2n) is 8.00. The Morgan fingerprint density at radius 1 is 1.00 bits per heavy atom. The molecule has 0 radical (unpaired) electrons. The van der Waals surface area contributed by atoms with Gasteiger partial charge in [-0.05, 0) is 61.3 Å². The number of hydrogen-bond donors (Lipinski definition) is 0. The molecule has 3 aromatic rings. The van der Waals surface area contributed by atoms with Crippen molar-refractivity contribution >= 4 is 17.7 Å². The van der Waals surface area contributed by atoms with E-state index in [1.54, 1.807) is 12.3 Å². The molecule has 2 aliphatic rings. The molecular formula is C25H25FN4O. The van der Waals surface area contributed by atoms with Crippen LogP contribution in [-0.2, 0) is 19.7 Å². The van der Waals surface area contributed by atoms with Crippen LogP contribution < -0.4 is 9.64 Å². The number of anilines is 1. The number of para-hydroxylation sites is 1. The lowest BCUT2D eigenvalue weighted by Gasteiger charge is -2.28. The summed E-state index contributed by atoms with van der Waals surface area (Å²) in [5.74, 6) is 0.339. The van der Waals surface area contributed by atoms with E-state index in [9.17, 15) is 4.39 Å². The van der Waals surface area contributed by atoms with Crippen molar-refractivity contribution in [2.24, 2.45) is 4.99 Å². The van der Waals surface area contributed by atoms with Crippen molar-refractivity contribution in [3.05, 3.63) is 83.4 Å². The summed E-state index contributed by atoms with van der Waals surface area (Å²) >= 11 is 0. The van der Waals surface area contributed by atoms with Crippen LogP contribution in [-0.4, -0.2) is 29.3 Å². The number of likely N-dealkylation sites (tertiary alicyclic amines) is 1. The van der Waals surface area contributed by atoms with E-state index in [4.69, 9.17) is 4.74 Å². The number of aliphatic imine (C=N–C) groups is 1. The maximum Gasteiger partial charge on any atom is 0.148 e. The summed E-state index contributed by atoms with van der Waals surface area (Å²) in [7, 11) is 0. The molecule has 0 N–H and O–H groups in total. The van der Waals surface area contributed by atoms with E-state index < -0.39 is 0 Å². The third-order valence-electron chi connectivity index (χ3n) is 5.84. The number of rotatable bonds is 6. The highest BCUT2D eigenvalue weighted by Crippen LogP contribution is 2.33. The topological polar surface area (TPSA) is 41.0 Å². The monoisotopic (exact) mass is 416 g/mol. The van der Waals surface area contributed by atoms with Gasteiger partial charge in [0.25, 0.3) is 0 Å². The van der Waals surface area contributed by atoms with Crippen LogP contribution in [0.3, 0.4) is 0 Å². The number of ether oxygens (including phenoxy) is 1. The predicted molar refractivity (Wildman–Crippen MR) is 120 cm³/mol. The van der Waals surface area contributed by atoms with E-state index in [-0.39, 0.29) is 12.4 Å². The van der Waals surface area contributed by atoms with E-state index in [0.29, 0.717) is 11.4 Å². The quantitative estimate of drug-likeness (QED) is 0.562. The summed E-state index contributed by atoms with van der Waals surface area (Å²) in [6, 6.07) is 17.3. The van der Waals surface area contributed by atoms with Crippen LogP contribution in [0.15, 0.2) is 65.8 Å². The highest BCUT2D eigenvalue weighted by atomic mass is 19.1. The Balaban J connectivity index is 1.42. The second kappa shape index (κ2) is 8.86. The van der Waals surface area contributed by atoms with Crippen molar-refractivity contribution < 1.29 is 9.13 Å². The van der Waals surface area contributed by atoms with Gasteiger partial charge in [-0.25, -0.2) is 9.38 Å². The molecule has 6 heteroatoms. The number of pyridine rings is 1. The zero-order valence-electron chi connectivity index (χ0n) is 17.4. The number of halogens is 1. The lowest BCUT2D eigenvalue weighted by Crippen LogP contribution is -2.26. The molecule has 0 saturated carbocycles. The number of nitrogens with zero attached hydrogens (tertiary/aromatic N) is 4. The van der Waals surface area contributed by atoms with Gasteiger partial charge in [-0.2, -0.15) is 0 Å². The van der Waals surface area contributed by atoms with E-state index in [1.807, 2.05) is 36.7 Å². The fourth-order valence-corrected chi connectivity index (χ4v) is 4.17. The van der Waals surface area contributed by atoms with Gasteiger partial charge in [0.15, 0.2) is 0 Å². The Bertz CT molecular complexity index is 1090. The molecule has 1 fully saturated rings. The van der Waals surface area contributed by atoms with Crippen LogP contribution in [0.1, 0.15) is 29.7 Å². The first-order valence-electron chi connectivity index (χ1n) is 10.7. The van der Waals surface area contributed by atoms with Gasteiger partial charge >= 0.3 is 0 Å². The maximum absolute atomic E-state index is 13.9. The third-order valence-corrected chi connectivity index (χ3v) is 5.84. The summed E-state index contributed by atoms with van der Waals surface area (Å²) in [6.07, 6.45) is 5.98. The molecule has 1 saturated heterocycles. The fourth-order valence-electron chi connectivity index (χ4n) is 4.17. The van der Waals surface area contributed by atoms with Crippen LogP contribution >= 0.6 is 0 Å². The van der Waals surface area contributed by atoms with Gasteiger partial charge in [-0.15, -0.1) is 0 Å². The van der Waals surface area contributed by atoms with Crippen LogP contribution in [0, 0.1) is 5.82 Å². The standard InChI is InChI=1S/C25H25FN4O/c26-22-7-5-11-27-24(22)17-31-21-10-9-20(15-29-12-3-4-13-29)25(14-21)30-16-19-6-1-2-8-23(19)28-18-30/h1-2,5-11,14,18H,3-4,12-13,15-17H2. The number of fused-ring (bicyclic) bond motifs is 1. The molecule has 158 valence electrons. The summed E-state index contributed by atoms with van der Waals surface area (Å²) in [5, 5.41) is 0. The fraction of sp³-hybridized carbons (Fsp3) is 0.280. The second-order valence-corrected chi connectivity index (χ2v) is 8.00. The molecular weight excluding hydrogens is 391 g/mol. The van der Waals surface area contributed by atoms with Gasteiger partial charge in [-0.1, -0.05) is 24.3 Å². The molecule has 31 heavy (non-hydrogen) atoms. The van der Waals surface area contributed by atoms with Crippen LogP contribution in [0.4, 0.5) is 15.8 Å². The van der Waals surface area contributed by atoms with E-state index >= 15 is 0 Å². The molecule has 0 aliphatic carbocycles. The van der Waals surface area contributed by atoms with Gasteiger partial charge in [0.1, 0.15) is 23.9 Å². The Morgan fingerprint density at radius 2 is 1.87 bits per heavy atom. The minimum atomic E-state index is -0.354. The lowest BCUT2D eigenvalue weighted by atomic mass is 10.1. The highest BCUT2D eigenvalue weighted by molar-refractivity contribution is 5.85. The highest BCUT2D eigenvalue weighted by Gasteiger charge is 2.20. The average molecular weight is 417 g/mol. The Hall–Kier alpha value is -3.25. The van der Waals surface area contributed by atoms with Gasteiger partial charge in [0.05, 0.1) is 24.3 Å². The number of aromatic nitrogens is 1. The van der Waals surface area contributed by atoms with Crippen LogP contribution in [0.25, 0.3) is 0 Å². The predicted octanol–water partition coefficient (Wildman–Crippen LogP) is 5.08. The van der Waals surface area contributed by atoms with Crippen molar-refractivity contribution in [2.45, 2.75) is 32.5 Å². The summed E-state index contributed by atoms with van der Waals surface area (Å²) in [4.78, 5) is 13.4. The smallest absolute Gasteiger partial charge is 0.148 e. The summed E-state index contributed by atoms with van der Waals surface area (Å²) in [5.41, 5.74) is 4.82. The molecule has 2 aromatic carbocycles. The molecule has 2 aliphatic heterocycles.